The second-order valence-corrected chi connectivity index (χ2v) is 4.46. The number of ether oxygens (including phenoxy) is 1. The van der Waals surface area contributed by atoms with E-state index < -0.39 is 5.97 Å². The van der Waals surface area contributed by atoms with Crippen LogP contribution in [0, 0.1) is 0 Å². The lowest BCUT2D eigenvalue weighted by Gasteiger charge is -2.01. The van der Waals surface area contributed by atoms with Crippen molar-refractivity contribution in [2.75, 3.05) is 6.61 Å². The molecule has 2 aromatic rings. The summed E-state index contributed by atoms with van der Waals surface area (Å²) in [6.07, 6.45) is 3.10. The van der Waals surface area contributed by atoms with Gasteiger partial charge in [-0.15, -0.1) is 5.10 Å². The maximum absolute atomic E-state index is 11.9. The van der Waals surface area contributed by atoms with E-state index in [1.54, 1.807) is 13.1 Å². The number of rotatable bonds is 5. The van der Waals surface area contributed by atoms with Crippen LogP contribution in [0.15, 0.2) is 31.9 Å². The summed E-state index contributed by atoms with van der Waals surface area (Å²) in [7, 11) is 0. The molecule has 0 fully saturated rings. The molecule has 0 spiro atoms. The summed E-state index contributed by atoms with van der Waals surface area (Å²) in [5.74, 6) is -0.945. The summed E-state index contributed by atoms with van der Waals surface area (Å²) >= 11 is 0.908. The predicted octanol–water partition coefficient (Wildman–Crippen LogP) is 0.974. The van der Waals surface area contributed by atoms with E-state index >= 15 is 0 Å². The third-order valence-electron chi connectivity index (χ3n) is 2.26. The molecular formula is C11H12N4O4S. The van der Waals surface area contributed by atoms with E-state index in [9.17, 15) is 9.59 Å². The highest BCUT2D eigenvalue weighted by Gasteiger charge is 2.18. The first kappa shape index (κ1) is 14.3. The molecule has 2 heterocycles. The Bertz CT molecular complexity index is 666. The fourth-order valence-corrected chi connectivity index (χ4v) is 2.04. The molecule has 0 aliphatic rings. The molecule has 0 N–H and O–H groups in total. The maximum atomic E-state index is 11.9. The van der Waals surface area contributed by atoms with Crippen molar-refractivity contribution in [3.8, 4) is 0 Å². The number of carbonyl (C=O) groups excluding carboxylic acids is 1. The Kier molecular flexibility index (Phi) is 4.51. The van der Waals surface area contributed by atoms with Crippen molar-refractivity contribution in [2.24, 2.45) is 0 Å². The van der Waals surface area contributed by atoms with Crippen molar-refractivity contribution in [3.05, 3.63) is 28.6 Å². The van der Waals surface area contributed by atoms with Crippen molar-refractivity contribution >= 4 is 17.7 Å². The van der Waals surface area contributed by atoms with Crippen LogP contribution in [-0.2, 0) is 11.3 Å². The monoisotopic (exact) mass is 296 g/mol. The van der Waals surface area contributed by atoms with Gasteiger partial charge in [-0.1, -0.05) is 5.10 Å². The minimum Gasteiger partial charge on any atom is -0.459 e. The molecule has 20 heavy (non-hydrogen) atoms. The van der Waals surface area contributed by atoms with Gasteiger partial charge in [0.2, 0.25) is 0 Å². The normalized spacial score (nSPS) is 10.5. The Morgan fingerprint density at radius 2 is 2.25 bits per heavy atom. The van der Waals surface area contributed by atoms with Gasteiger partial charge in [-0.25, -0.2) is 9.78 Å². The molecule has 2 rings (SSSR count). The highest BCUT2D eigenvalue weighted by molar-refractivity contribution is 7.99. The van der Waals surface area contributed by atoms with Gasteiger partial charge in [0.05, 0.1) is 6.61 Å². The van der Waals surface area contributed by atoms with Gasteiger partial charge in [-0.05, 0) is 25.6 Å². The van der Waals surface area contributed by atoms with E-state index in [2.05, 4.69) is 15.2 Å². The summed E-state index contributed by atoms with van der Waals surface area (Å²) < 4.78 is 11.3. The van der Waals surface area contributed by atoms with Gasteiger partial charge >= 0.3 is 11.9 Å². The van der Waals surface area contributed by atoms with Gasteiger partial charge in [0, 0.05) is 18.9 Å². The Morgan fingerprint density at radius 3 is 2.95 bits per heavy atom. The lowest BCUT2D eigenvalue weighted by molar-refractivity contribution is 0.0475. The summed E-state index contributed by atoms with van der Waals surface area (Å²) in [5.41, 5.74) is -0.254. The first-order valence-electron chi connectivity index (χ1n) is 5.89. The first-order chi connectivity index (χ1) is 9.65. The number of hydrogen-bond donors (Lipinski definition) is 0. The zero-order chi connectivity index (χ0) is 14.5. The number of hydrogen-bond acceptors (Lipinski definition) is 8. The molecule has 0 atom stereocenters. The smallest absolute Gasteiger partial charge is 0.396 e. The molecule has 0 aromatic carbocycles. The number of nitrogens with zero attached hydrogens (tertiary/aromatic N) is 4. The second kappa shape index (κ2) is 6.33. The van der Waals surface area contributed by atoms with Crippen LogP contribution < -0.4 is 5.56 Å². The van der Waals surface area contributed by atoms with Crippen LogP contribution in [0.25, 0.3) is 0 Å². The zero-order valence-corrected chi connectivity index (χ0v) is 11.7. The van der Waals surface area contributed by atoms with E-state index in [1.807, 2.05) is 6.92 Å². The quantitative estimate of drug-likeness (QED) is 0.752. The highest BCUT2D eigenvalue weighted by atomic mass is 32.2. The summed E-state index contributed by atoms with van der Waals surface area (Å²) in [6.45, 7) is 4.27. The van der Waals surface area contributed by atoms with Crippen LogP contribution in [0.3, 0.4) is 0 Å². The first-order valence-corrected chi connectivity index (χ1v) is 6.71. The molecule has 9 heteroatoms. The van der Waals surface area contributed by atoms with Gasteiger partial charge in [0.1, 0.15) is 0 Å². The van der Waals surface area contributed by atoms with Gasteiger partial charge in [-0.2, -0.15) is 0 Å². The molecule has 0 amide bonds. The van der Waals surface area contributed by atoms with Crippen LogP contribution in [0.1, 0.15) is 24.5 Å². The van der Waals surface area contributed by atoms with Gasteiger partial charge in [-0.3, -0.25) is 4.79 Å². The number of aryl methyl sites for hydroxylation is 1. The fraction of sp³-hybridized carbons (Fsp3) is 0.364. The third kappa shape index (κ3) is 3.05. The largest absolute Gasteiger partial charge is 0.459 e. The van der Waals surface area contributed by atoms with E-state index in [4.69, 9.17) is 9.15 Å². The molecule has 0 radical (unpaired) electrons. The maximum Gasteiger partial charge on any atom is 0.396 e. The lowest BCUT2D eigenvalue weighted by atomic mass is 10.6. The number of aromatic nitrogens is 4. The Balaban J connectivity index is 2.19. The average Bonchev–Trinajstić information content (AvgIpc) is 2.90. The topological polar surface area (TPSA) is 100 Å². The van der Waals surface area contributed by atoms with Gasteiger partial charge in [0.25, 0.3) is 10.8 Å². The molecule has 0 saturated carbocycles. The molecule has 0 unspecified atom stereocenters. The summed E-state index contributed by atoms with van der Waals surface area (Å²) in [5, 5.41) is 7.49. The fourth-order valence-electron chi connectivity index (χ4n) is 1.36. The Morgan fingerprint density at radius 1 is 1.45 bits per heavy atom. The highest BCUT2D eigenvalue weighted by Crippen LogP contribution is 2.21. The van der Waals surface area contributed by atoms with Crippen LogP contribution >= 0.6 is 11.8 Å². The third-order valence-corrected chi connectivity index (χ3v) is 3.08. The minimum atomic E-state index is -0.696. The lowest BCUT2D eigenvalue weighted by Crippen LogP contribution is -2.20. The average molecular weight is 296 g/mol. The summed E-state index contributed by atoms with van der Waals surface area (Å²) in [6, 6.07) is 0. The molecule has 0 aliphatic carbocycles. The molecule has 0 bridgehead atoms. The molecule has 0 aliphatic heterocycles. The van der Waals surface area contributed by atoms with Crippen molar-refractivity contribution in [3.63, 3.8) is 0 Å². The molecule has 2 aromatic heterocycles. The predicted molar refractivity (Wildman–Crippen MR) is 68.5 cm³/mol. The number of esters is 1. The summed E-state index contributed by atoms with van der Waals surface area (Å²) in [4.78, 5) is 27.3. The van der Waals surface area contributed by atoms with E-state index in [0.29, 0.717) is 6.54 Å². The molecule has 0 saturated heterocycles. The van der Waals surface area contributed by atoms with E-state index in [1.165, 1.54) is 10.8 Å². The second-order valence-electron chi connectivity index (χ2n) is 3.52. The van der Waals surface area contributed by atoms with Crippen LogP contribution in [0.2, 0.25) is 0 Å². The van der Waals surface area contributed by atoms with E-state index in [-0.39, 0.29) is 28.3 Å². The number of carbonyl (C=O) groups is 1. The van der Waals surface area contributed by atoms with Crippen molar-refractivity contribution in [2.45, 2.75) is 30.6 Å². The van der Waals surface area contributed by atoms with Crippen molar-refractivity contribution in [1.29, 1.82) is 0 Å². The standard InChI is InChI=1S/C11H12N4O4S/c1-3-15-6-5-12-8(9(15)16)20-11-14-13-7(19-11)10(17)18-4-2/h5-6H,3-4H2,1-2H3. The zero-order valence-electron chi connectivity index (χ0n) is 10.9. The Labute approximate surface area is 118 Å². The van der Waals surface area contributed by atoms with Crippen LogP contribution in [0.5, 0.6) is 0 Å². The van der Waals surface area contributed by atoms with Crippen molar-refractivity contribution < 1.29 is 13.9 Å². The van der Waals surface area contributed by atoms with Gasteiger partial charge in [0.15, 0.2) is 5.03 Å². The molecule has 8 nitrogen and oxygen atoms in total. The van der Waals surface area contributed by atoms with E-state index in [0.717, 1.165) is 11.8 Å². The SMILES string of the molecule is CCOC(=O)c1nnc(Sc2nccn(CC)c2=O)o1. The van der Waals surface area contributed by atoms with Crippen molar-refractivity contribution in [1.82, 2.24) is 19.7 Å². The van der Waals surface area contributed by atoms with Crippen LogP contribution in [0.4, 0.5) is 0 Å². The Hall–Kier alpha value is -2.16. The van der Waals surface area contributed by atoms with Gasteiger partial charge < -0.3 is 13.7 Å². The molecular weight excluding hydrogens is 284 g/mol. The van der Waals surface area contributed by atoms with Crippen LogP contribution in [-0.4, -0.2) is 32.3 Å². The molecule has 106 valence electrons. The minimum absolute atomic E-state index is 0.0616.